The number of amides is 1. The SMILES string of the molecule is CCCCC/C=C\C/C=C\CCCCCCCC(=O)NCCCc1ccccc1. The van der Waals surface area contributed by atoms with Crippen molar-refractivity contribution in [2.24, 2.45) is 0 Å². The zero-order chi connectivity index (χ0) is 20.8. The molecule has 0 heterocycles. The Kier molecular flexibility index (Phi) is 16.9. The highest BCUT2D eigenvalue weighted by atomic mass is 16.1. The number of hydrogen-bond acceptors (Lipinski definition) is 1. The Morgan fingerprint density at radius 2 is 1.45 bits per heavy atom. The molecule has 0 radical (unpaired) electrons. The van der Waals surface area contributed by atoms with Gasteiger partial charge in [0.2, 0.25) is 5.91 Å². The fraction of sp³-hybridized carbons (Fsp3) is 0.593. The lowest BCUT2D eigenvalue weighted by Crippen LogP contribution is -2.24. The number of hydrogen-bond donors (Lipinski definition) is 1. The van der Waals surface area contributed by atoms with Gasteiger partial charge in [0.25, 0.3) is 0 Å². The van der Waals surface area contributed by atoms with Crippen molar-refractivity contribution in [3.05, 3.63) is 60.2 Å². The Hall–Kier alpha value is -1.83. The molecule has 1 aromatic rings. The Labute approximate surface area is 179 Å². The van der Waals surface area contributed by atoms with Crippen LogP contribution in [-0.2, 0) is 11.2 Å². The largest absolute Gasteiger partial charge is 0.356 e. The van der Waals surface area contributed by atoms with E-state index in [4.69, 9.17) is 0 Å². The van der Waals surface area contributed by atoms with Crippen LogP contribution in [0, 0.1) is 0 Å². The van der Waals surface area contributed by atoms with Gasteiger partial charge in [-0.25, -0.2) is 0 Å². The fourth-order valence-corrected chi connectivity index (χ4v) is 3.35. The van der Waals surface area contributed by atoms with Gasteiger partial charge in [-0.3, -0.25) is 4.79 Å². The summed E-state index contributed by atoms with van der Waals surface area (Å²) < 4.78 is 0. The van der Waals surface area contributed by atoms with Crippen LogP contribution in [0.2, 0.25) is 0 Å². The number of aryl methyl sites for hydroxylation is 1. The standard InChI is InChI=1S/C27H43NO/c1-2-3-4-5-6-7-8-9-10-11-12-13-14-15-19-24-27(29)28-25-20-23-26-21-17-16-18-22-26/h6-7,9-10,16-18,21-22H,2-5,8,11-15,19-20,23-25H2,1H3,(H,28,29)/b7-6-,10-9-. The molecule has 0 spiro atoms. The van der Waals surface area contributed by atoms with Crippen molar-refractivity contribution in [3.8, 4) is 0 Å². The van der Waals surface area contributed by atoms with Crippen LogP contribution < -0.4 is 5.32 Å². The van der Waals surface area contributed by atoms with E-state index in [2.05, 4.69) is 60.8 Å². The van der Waals surface area contributed by atoms with Gasteiger partial charge in [-0.15, -0.1) is 0 Å². The zero-order valence-corrected chi connectivity index (χ0v) is 18.7. The number of carbonyl (C=O) groups is 1. The smallest absolute Gasteiger partial charge is 0.219 e. The first-order chi connectivity index (χ1) is 14.3. The van der Waals surface area contributed by atoms with Crippen LogP contribution in [-0.4, -0.2) is 12.5 Å². The minimum absolute atomic E-state index is 0.212. The first-order valence-corrected chi connectivity index (χ1v) is 11.9. The van der Waals surface area contributed by atoms with Gasteiger partial charge in [0.15, 0.2) is 0 Å². The van der Waals surface area contributed by atoms with Crippen molar-refractivity contribution < 1.29 is 4.79 Å². The van der Waals surface area contributed by atoms with E-state index in [1.807, 2.05) is 6.07 Å². The summed E-state index contributed by atoms with van der Waals surface area (Å²) in [5.74, 6) is 0.212. The van der Waals surface area contributed by atoms with E-state index in [0.717, 1.165) is 32.2 Å². The van der Waals surface area contributed by atoms with Gasteiger partial charge in [-0.05, 0) is 56.9 Å². The number of rotatable bonds is 18. The van der Waals surface area contributed by atoms with Crippen molar-refractivity contribution in [2.45, 2.75) is 96.8 Å². The van der Waals surface area contributed by atoms with Gasteiger partial charge in [0, 0.05) is 13.0 Å². The maximum atomic E-state index is 11.9. The van der Waals surface area contributed by atoms with Gasteiger partial charge >= 0.3 is 0 Å². The molecule has 2 nitrogen and oxygen atoms in total. The van der Waals surface area contributed by atoms with Crippen LogP contribution in [0.1, 0.15) is 96.0 Å². The second-order valence-electron chi connectivity index (χ2n) is 7.92. The molecular formula is C27H43NO. The predicted molar refractivity (Wildman–Crippen MR) is 127 cm³/mol. The fourth-order valence-electron chi connectivity index (χ4n) is 3.35. The van der Waals surface area contributed by atoms with Crippen LogP contribution in [0.5, 0.6) is 0 Å². The van der Waals surface area contributed by atoms with E-state index in [-0.39, 0.29) is 5.91 Å². The second kappa shape index (κ2) is 19.5. The molecule has 1 amide bonds. The quantitative estimate of drug-likeness (QED) is 0.201. The first kappa shape index (κ1) is 25.2. The highest BCUT2D eigenvalue weighted by Gasteiger charge is 2.00. The van der Waals surface area contributed by atoms with Crippen molar-refractivity contribution in [1.29, 1.82) is 0 Å². The van der Waals surface area contributed by atoms with Crippen molar-refractivity contribution in [2.75, 3.05) is 6.54 Å². The lowest BCUT2D eigenvalue weighted by atomic mass is 10.1. The van der Waals surface area contributed by atoms with Crippen LogP contribution in [0.15, 0.2) is 54.6 Å². The van der Waals surface area contributed by atoms with Crippen molar-refractivity contribution >= 4 is 5.91 Å². The van der Waals surface area contributed by atoms with E-state index in [1.54, 1.807) is 0 Å². The number of allylic oxidation sites excluding steroid dienone is 4. The number of carbonyl (C=O) groups excluding carboxylic acids is 1. The molecule has 1 rings (SSSR count). The number of nitrogens with one attached hydrogen (secondary N) is 1. The van der Waals surface area contributed by atoms with Crippen LogP contribution >= 0.6 is 0 Å². The summed E-state index contributed by atoms with van der Waals surface area (Å²) in [6, 6.07) is 10.5. The van der Waals surface area contributed by atoms with Gasteiger partial charge in [-0.1, -0.05) is 93.7 Å². The van der Waals surface area contributed by atoms with Crippen molar-refractivity contribution in [1.82, 2.24) is 5.32 Å². The minimum atomic E-state index is 0.212. The lowest BCUT2D eigenvalue weighted by Gasteiger charge is -2.05. The van der Waals surface area contributed by atoms with Gasteiger partial charge in [-0.2, -0.15) is 0 Å². The molecule has 0 fully saturated rings. The van der Waals surface area contributed by atoms with Gasteiger partial charge < -0.3 is 5.32 Å². The van der Waals surface area contributed by atoms with Crippen molar-refractivity contribution in [3.63, 3.8) is 0 Å². The summed E-state index contributed by atoms with van der Waals surface area (Å²) in [4.78, 5) is 11.9. The number of unbranched alkanes of at least 4 members (excludes halogenated alkanes) is 8. The van der Waals surface area contributed by atoms with E-state index >= 15 is 0 Å². The summed E-state index contributed by atoms with van der Waals surface area (Å²) in [5, 5.41) is 3.05. The highest BCUT2D eigenvalue weighted by Crippen LogP contribution is 2.08. The molecule has 162 valence electrons. The van der Waals surface area contributed by atoms with E-state index in [1.165, 1.54) is 63.4 Å². The first-order valence-electron chi connectivity index (χ1n) is 11.9. The molecule has 2 heteroatoms. The molecule has 0 saturated heterocycles. The molecule has 0 bridgehead atoms. The van der Waals surface area contributed by atoms with E-state index in [0.29, 0.717) is 6.42 Å². The topological polar surface area (TPSA) is 29.1 Å². The van der Waals surface area contributed by atoms with Crippen LogP contribution in [0.3, 0.4) is 0 Å². The summed E-state index contributed by atoms with van der Waals surface area (Å²) in [6.45, 7) is 3.03. The molecule has 0 atom stereocenters. The number of benzene rings is 1. The van der Waals surface area contributed by atoms with Crippen LogP contribution in [0.25, 0.3) is 0 Å². The summed E-state index contributed by atoms with van der Waals surface area (Å²) in [6.07, 6.45) is 25.4. The maximum Gasteiger partial charge on any atom is 0.219 e. The third-order valence-corrected chi connectivity index (χ3v) is 5.16. The minimum Gasteiger partial charge on any atom is -0.356 e. The molecule has 0 unspecified atom stereocenters. The van der Waals surface area contributed by atoms with Gasteiger partial charge in [0.1, 0.15) is 0 Å². The third kappa shape index (κ3) is 16.8. The van der Waals surface area contributed by atoms with E-state index < -0.39 is 0 Å². The predicted octanol–water partition coefficient (Wildman–Crippen LogP) is 7.55. The highest BCUT2D eigenvalue weighted by molar-refractivity contribution is 5.75. The monoisotopic (exact) mass is 397 g/mol. The molecule has 1 aromatic carbocycles. The molecule has 29 heavy (non-hydrogen) atoms. The molecule has 0 saturated carbocycles. The normalized spacial score (nSPS) is 11.5. The average molecular weight is 398 g/mol. The van der Waals surface area contributed by atoms with E-state index in [9.17, 15) is 4.79 Å². The van der Waals surface area contributed by atoms with Gasteiger partial charge in [0.05, 0.1) is 0 Å². The molecule has 0 aliphatic heterocycles. The second-order valence-corrected chi connectivity index (χ2v) is 7.92. The zero-order valence-electron chi connectivity index (χ0n) is 18.7. The Bertz CT molecular complexity index is 547. The Balaban J connectivity index is 1.83. The average Bonchev–Trinajstić information content (AvgIpc) is 2.75. The molecule has 0 aliphatic carbocycles. The summed E-state index contributed by atoms with van der Waals surface area (Å²) in [5.41, 5.74) is 1.34. The molecule has 1 N–H and O–H groups in total. The molecular weight excluding hydrogens is 354 g/mol. The van der Waals surface area contributed by atoms with Crippen LogP contribution in [0.4, 0.5) is 0 Å². The summed E-state index contributed by atoms with van der Waals surface area (Å²) in [7, 11) is 0. The maximum absolute atomic E-state index is 11.9. The molecule has 0 aromatic heterocycles. The molecule has 0 aliphatic rings. The Morgan fingerprint density at radius 1 is 0.793 bits per heavy atom. The Morgan fingerprint density at radius 3 is 2.17 bits per heavy atom. The summed E-state index contributed by atoms with van der Waals surface area (Å²) >= 11 is 0. The lowest BCUT2D eigenvalue weighted by molar-refractivity contribution is -0.121. The third-order valence-electron chi connectivity index (χ3n) is 5.16.